The predicted molar refractivity (Wildman–Crippen MR) is 93.1 cm³/mol. The number of ketones is 1. The lowest BCUT2D eigenvalue weighted by atomic mass is 9.77. The van der Waals surface area contributed by atoms with Crippen molar-refractivity contribution in [3.63, 3.8) is 0 Å². The van der Waals surface area contributed by atoms with E-state index in [1.807, 2.05) is 6.92 Å². The van der Waals surface area contributed by atoms with E-state index in [0.29, 0.717) is 6.42 Å². The van der Waals surface area contributed by atoms with E-state index in [0.717, 1.165) is 18.5 Å². The molecular formula is C20H23NO. The fraction of sp³-hybridized carbons (Fsp3) is 0.350. The lowest BCUT2D eigenvalue weighted by Crippen LogP contribution is -2.34. The fourth-order valence-electron chi connectivity index (χ4n) is 3.22. The minimum atomic E-state index is -0.0336. The number of rotatable bonds is 3. The molecular weight excluding hydrogens is 270 g/mol. The van der Waals surface area contributed by atoms with Crippen LogP contribution >= 0.6 is 0 Å². The van der Waals surface area contributed by atoms with Crippen molar-refractivity contribution in [3.8, 4) is 0 Å². The Labute approximate surface area is 132 Å². The Bertz CT molecular complexity index is 737. The van der Waals surface area contributed by atoms with Crippen molar-refractivity contribution >= 4 is 22.2 Å². The zero-order valence-electron chi connectivity index (χ0n) is 13.6. The molecule has 1 aliphatic heterocycles. The van der Waals surface area contributed by atoms with Crippen LogP contribution < -0.4 is 4.90 Å². The predicted octanol–water partition coefficient (Wildman–Crippen LogP) is 4.94. The molecule has 0 atom stereocenters. The summed E-state index contributed by atoms with van der Waals surface area (Å²) in [5, 5.41) is 2.48. The van der Waals surface area contributed by atoms with E-state index in [1.54, 1.807) is 0 Å². The first-order valence-electron chi connectivity index (χ1n) is 8.03. The molecule has 2 nitrogen and oxygen atoms in total. The number of hydrogen-bond acceptors (Lipinski definition) is 2. The maximum absolute atomic E-state index is 12.3. The van der Waals surface area contributed by atoms with Crippen LogP contribution in [0.3, 0.4) is 0 Å². The Kier molecular flexibility index (Phi) is 3.78. The third-order valence-corrected chi connectivity index (χ3v) is 4.69. The van der Waals surface area contributed by atoms with Gasteiger partial charge in [0, 0.05) is 35.8 Å². The zero-order valence-corrected chi connectivity index (χ0v) is 13.6. The highest BCUT2D eigenvalue weighted by atomic mass is 16.1. The molecule has 0 aromatic heterocycles. The van der Waals surface area contributed by atoms with Crippen LogP contribution in [0.2, 0.25) is 0 Å². The van der Waals surface area contributed by atoms with Gasteiger partial charge in [-0.25, -0.2) is 0 Å². The van der Waals surface area contributed by atoms with Crippen LogP contribution in [0.4, 0.5) is 5.69 Å². The highest BCUT2D eigenvalue weighted by Gasteiger charge is 2.32. The van der Waals surface area contributed by atoms with Gasteiger partial charge in [-0.1, -0.05) is 57.2 Å². The van der Waals surface area contributed by atoms with Crippen molar-refractivity contribution in [2.75, 3.05) is 11.4 Å². The maximum atomic E-state index is 12.3. The third kappa shape index (κ3) is 2.54. The van der Waals surface area contributed by atoms with Gasteiger partial charge in [0.15, 0.2) is 5.78 Å². The summed E-state index contributed by atoms with van der Waals surface area (Å²) in [5.41, 5.74) is 2.11. The Morgan fingerprint density at radius 2 is 1.86 bits per heavy atom. The molecule has 0 radical (unpaired) electrons. The van der Waals surface area contributed by atoms with Crippen LogP contribution in [0.15, 0.2) is 54.2 Å². The number of carbonyl (C=O) groups is 1. The molecule has 0 fully saturated rings. The third-order valence-electron chi connectivity index (χ3n) is 4.69. The number of hydrogen-bond donors (Lipinski definition) is 0. The van der Waals surface area contributed by atoms with E-state index in [2.05, 4.69) is 67.4 Å². The van der Waals surface area contributed by atoms with Gasteiger partial charge in [0.1, 0.15) is 0 Å². The Morgan fingerprint density at radius 3 is 2.64 bits per heavy atom. The summed E-state index contributed by atoms with van der Waals surface area (Å²) in [6.07, 6.45) is 3.64. The first-order chi connectivity index (χ1) is 10.5. The normalized spacial score (nSPS) is 17.4. The first kappa shape index (κ1) is 14.8. The standard InChI is InChI=1S/C20H23NO/c1-4-19(22)17-14-21(13-12-20(17,2)3)18-11-7-9-15-8-5-6-10-16(15)18/h5-11,14H,4,12-13H2,1-3H3. The first-order valence-corrected chi connectivity index (χ1v) is 8.03. The van der Waals surface area contributed by atoms with Gasteiger partial charge >= 0.3 is 0 Å². The van der Waals surface area contributed by atoms with Crippen molar-refractivity contribution in [2.45, 2.75) is 33.6 Å². The van der Waals surface area contributed by atoms with Gasteiger partial charge in [0.05, 0.1) is 0 Å². The van der Waals surface area contributed by atoms with Crippen LogP contribution in [0.1, 0.15) is 33.6 Å². The van der Waals surface area contributed by atoms with Crippen LogP contribution in [0.5, 0.6) is 0 Å². The lowest BCUT2D eigenvalue weighted by molar-refractivity contribution is -0.116. The minimum Gasteiger partial charge on any atom is -0.347 e. The van der Waals surface area contributed by atoms with Crippen molar-refractivity contribution in [2.24, 2.45) is 5.41 Å². The summed E-state index contributed by atoms with van der Waals surface area (Å²) < 4.78 is 0. The highest BCUT2D eigenvalue weighted by Crippen LogP contribution is 2.38. The molecule has 2 aromatic rings. The van der Waals surface area contributed by atoms with E-state index in [-0.39, 0.29) is 11.2 Å². The summed E-state index contributed by atoms with van der Waals surface area (Å²) >= 11 is 0. The quantitative estimate of drug-likeness (QED) is 0.799. The molecule has 0 saturated carbocycles. The minimum absolute atomic E-state index is 0.0336. The van der Waals surface area contributed by atoms with Crippen molar-refractivity contribution < 1.29 is 4.79 Å². The van der Waals surface area contributed by atoms with E-state index in [9.17, 15) is 4.79 Å². The second-order valence-electron chi connectivity index (χ2n) is 6.65. The fourth-order valence-corrected chi connectivity index (χ4v) is 3.22. The van der Waals surface area contributed by atoms with Crippen LogP contribution in [0.25, 0.3) is 10.8 Å². The van der Waals surface area contributed by atoms with Gasteiger partial charge < -0.3 is 4.90 Å². The second-order valence-corrected chi connectivity index (χ2v) is 6.65. The summed E-state index contributed by atoms with van der Waals surface area (Å²) in [7, 11) is 0. The summed E-state index contributed by atoms with van der Waals surface area (Å²) in [6.45, 7) is 7.23. The largest absolute Gasteiger partial charge is 0.347 e. The number of carbonyl (C=O) groups excluding carboxylic acids is 1. The molecule has 0 saturated heterocycles. The van der Waals surface area contributed by atoms with Gasteiger partial charge in [0.25, 0.3) is 0 Å². The van der Waals surface area contributed by atoms with Gasteiger partial charge in [-0.15, -0.1) is 0 Å². The SMILES string of the molecule is CCC(=O)C1=CN(c2cccc3ccccc23)CCC1(C)C. The van der Waals surface area contributed by atoms with Crippen molar-refractivity contribution in [1.29, 1.82) is 0 Å². The molecule has 1 heterocycles. The monoisotopic (exact) mass is 293 g/mol. The number of allylic oxidation sites excluding steroid dienone is 1. The van der Waals surface area contributed by atoms with Gasteiger partial charge in [-0.2, -0.15) is 0 Å². The molecule has 22 heavy (non-hydrogen) atoms. The Balaban J connectivity index is 2.10. The summed E-state index contributed by atoms with van der Waals surface area (Å²) in [5.74, 6) is 0.259. The van der Waals surface area contributed by atoms with E-state index in [1.165, 1.54) is 16.5 Å². The smallest absolute Gasteiger partial charge is 0.160 e. The molecule has 0 N–H and O–H groups in total. The molecule has 0 unspecified atom stereocenters. The van der Waals surface area contributed by atoms with Gasteiger partial charge in [-0.05, 0) is 23.3 Å². The molecule has 114 valence electrons. The van der Waals surface area contributed by atoms with E-state index >= 15 is 0 Å². The number of nitrogens with zero attached hydrogens (tertiary/aromatic N) is 1. The molecule has 0 spiro atoms. The zero-order chi connectivity index (χ0) is 15.7. The summed E-state index contributed by atoms with van der Waals surface area (Å²) in [4.78, 5) is 14.6. The Hall–Kier alpha value is -2.09. The number of fused-ring (bicyclic) bond motifs is 1. The maximum Gasteiger partial charge on any atom is 0.160 e. The van der Waals surface area contributed by atoms with Gasteiger partial charge in [-0.3, -0.25) is 4.79 Å². The molecule has 3 rings (SSSR count). The number of benzene rings is 2. The van der Waals surface area contributed by atoms with Crippen LogP contribution in [0, 0.1) is 5.41 Å². The molecule has 1 aliphatic rings. The molecule has 0 aliphatic carbocycles. The van der Waals surface area contributed by atoms with Gasteiger partial charge in [0.2, 0.25) is 0 Å². The average molecular weight is 293 g/mol. The van der Waals surface area contributed by atoms with E-state index in [4.69, 9.17) is 0 Å². The highest BCUT2D eigenvalue weighted by molar-refractivity contribution is 5.99. The number of anilines is 1. The summed E-state index contributed by atoms with van der Waals surface area (Å²) in [6, 6.07) is 14.8. The Morgan fingerprint density at radius 1 is 1.14 bits per heavy atom. The molecule has 0 amide bonds. The molecule has 0 bridgehead atoms. The topological polar surface area (TPSA) is 20.3 Å². The van der Waals surface area contributed by atoms with Crippen molar-refractivity contribution in [1.82, 2.24) is 0 Å². The van der Waals surface area contributed by atoms with E-state index < -0.39 is 0 Å². The molecule has 2 heteroatoms. The second kappa shape index (κ2) is 5.60. The number of Topliss-reactive ketones (excluding diaryl/α,β-unsaturated/α-hetero) is 1. The average Bonchev–Trinajstić information content (AvgIpc) is 2.53. The molecule has 2 aromatic carbocycles. The van der Waals surface area contributed by atoms with Crippen LogP contribution in [-0.2, 0) is 4.79 Å². The van der Waals surface area contributed by atoms with Crippen LogP contribution in [-0.4, -0.2) is 12.3 Å². The lowest BCUT2D eigenvalue weighted by Gasteiger charge is -2.37. The van der Waals surface area contributed by atoms with Crippen molar-refractivity contribution in [3.05, 3.63) is 54.2 Å².